The summed E-state index contributed by atoms with van der Waals surface area (Å²) in [6.45, 7) is 0. The van der Waals surface area contributed by atoms with Crippen molar-refractivity contribution < 1.29 is 4.42 Å². The van der Waals surface area contributed by atoms with Crippen LogP contribution in [0.1, 0.15) is 0 Å². The SMILES string of the molecule is c1ccc2c(c1)oc1ccc(-n3c4ccccc4c4cc(-c5ccc6c(c5)c5ccccc5n6-c5ccc(-c6cc7c8ccccc8n8c9ccccc9c(c6)c78)cc5)ccc43)cc12. The van der Waals surface area contributed by atoms with Gasteiger partial charge in [-0.05, 0) is 119 Å². The molecule has 4 nitrogen and oxygen atoms in total. The Morgan fingerprint density at radius 2 is 0.672 bits per heavy atom. The minimum atomic E-state index is 0.903. The van der Waals surface area contributed by atoms with E-state index in [0.717, 1.165) is 33.3 Å². The zero-order valence-electron chi connectivity index (χ0n) is 34.5. The van der Waals surface area contributed by atoms with Crippen molar-refractivity contribution in [1.29, 1.82) is 0 Å². The molecule has 0 amide bonds. The Hall–Kier alpha value is -8.60. The van der Waals surface area contributed by atoms with E-state index in [2.05, 4.69) is 214 Å². The van der Waals surface area contributed by atoms with Crippen molar-refractivity contribution in [2.24, 2.45) is 0 Å². The van der Waals surface area contributed by atoms with E-state index < -0.39 is 0 Å². The summed E-state index contributed by atoms with van der Waals surface area (Å²) >= 11 is 0. The Morgan fingerprint density at radius 3 is 1.27 bits per heavy atom. The third kappa shape index (κ3) is 4.56. The maximum atomic E-state index is 6.20. The van der Waals surface area contributed by atoms with Gasteiger partial charge in [-0.1, -0.05) is 115 Å². The van der Waals surface area contributed by atoms with Crippen molar-refractivity contribution in [3.63, 3.8) is 0 Å². The van der Waals surface area contributed by atoms with Gasteiger partial charge < -0.3 is 18.0 Å². The standard InChI is InChI=1S/C60H35N3O/c1-6-16-52-42(11-1)47-31-37(38-24-29-57-48(32-38)43-12-2-7-17-53(43)62(57)41-27-30-59-49(35-41)46-15-5-10-20-58(46)64-59)23-28-56(47)61(52)40-25-21-36(22-26-40)39-33-50-44-13-3-8-18-54(44)63-55-19-9-4-14-45(55)51(34-39)60(50)63/h1-35H. The lowest BCUT2D eigenvalue weighted by Crippen LogP contribution is -1.94. The topological polar surface area (TPSA) is 27.4 Å². The van der Waals surface area contributed by atoms with Gasteiger partial charge >= 0.3 is 0 Å². The van der Waals surface area contributed by atoms with E-state index in [4.69, 9.17) is 4.42 Å². The van der Waals surface area contributed by atoms with Crippen LogP contribution >= 0.6 is 0 Å². The molecular formula is C60H35N3O. The fraction of sp³-hybridized carbons (Fsp3) is 0. The molecule has 0 aliphatic heterocycles. The number of aromatic nitrogens is 3. The molecule has 0 atom stereocenters. The highest BCUT2D eigenvalue weighted by Gasteiger charge is 2.20. The summed E-state index contributed by atoms with van der Waals surface area (Å²) < 4.78 is 13.4. The molecule has 10 aromatic carbocycles. The van der Waals surface area contributed by atoms with Gasteiger partial charge in [0, 0.05) is 65.2 Å². The maximum absolute atomic E-state index is 6.20. The molecule has 0 fully saturated rings. The van der Waals surface area contributed by atoms with Crippen LogP contribution in [0.25, 0.3) is 137 Å². The summed E-state index contributed by atoms with van der Waals surface area (Å²) in [4.78, 5) is 0. The molecule has 0 saturated carbocycles. The molecule has 296 valence electrons. The summed E-state index contributed by atoms with van der Waals surface area (Å²) in [5, 5.41) is 12.4. The zero-order chi connectivity index (χ0) is 41.6. The lowest BCUT2D eigenvalue weighted by Gasteiger charge is -2.11. The van der Waals surface area contributed by atoms with Crippen molar-refractivity contribution in [2.75, 3.05) is 0 Å². The first-order valence-corrected chi connectivity index (χ1v) is 22.0. The number of benzene rings is 10. The Labute approximate surface area is 366 Å². The van der Waals surface area contributed by atoms with Crippen LogP contribution in [0.15, 0.2) is 217 Å². The number of para-hydroxylation sites is 5. The predicted molar refractivity (Wildman–Crippen MR) is 268 cm³/mol. The van der Waals surface area contributed by atoms with Crippen LogP contribution in [-0.4, -0.2) is 13.5 Å². The number of furan rings is 1. The molecule has 0 N–H and O–H groups in total. The van der Waals surface area contributed by atoms with Gasteiger partial charge in [0.1, 0.15) is 11.2 Å². The molecule has 15 rings (SSSR count). The van der Waals surface area contributed by atoms with Gasteiger partial charge in [0.05, 0.1) is 38.6 Å². The Morgan fingerprint density at radius 1 is 0.250 bits per heavy atom. The van der Waals surface area contributed by atoms with Gasteiger partial charge in [-0.25, -0.2) is 0 Å². The lowest BCUT2D eigenvalue weighted by molar-refractivity contribution is 0.669. The lowest BCUT2D eigenvalue weighted by atomic mass is 9.99. The van der Waals surface area contributed by atoms with Crippen LogP contribution in [0, 0.1) is 0 Å². The third-order valence-electron chi connectivity index (χ3n) is 14.0. The molecule has 5 aromatic heterocycles. The highest BCUT2D eigenvalue weighted by molar-refractivity contribution is 6.24. The average molecular weight is 814 g/mol. The van der Waals surface area contributed by atoms with E-state index >= 15 is 0 Å². The average Bonchev–Trinajstić information content (AvgIpc) is 4.16. The van der Waals surface area contributed by atoms with Crippen LogP contribution in [0.4, 0.5) is 0 Å². The highest BCUT2D eigenvalue weighted by Crippen LogP contribution is 2.43. The van der Waals surface area contributed by atoms with Gasteiger partial charge in [-0.3, -0.25) is 0 Å². The van der Waals surface area contributed by atoms with Crippen LogP contribution in [-0.2, 0) is 0 Å². The van der Waals surface area contributed by atoms with Crippen LogP contribution in [0.2, 0.25) is 0 Å². The minimum absolute atomic E-state index is 0.903. The number of hydrogen-bond acceptors (Lipinski definition) is 1. The molecule has 0 bridgehead atoms. The predicted octanol–water partition coefficient (Wildman–Crippen LogP) is 16.3. The van der Waals surface area contributed by atoms with Crippen molar-refractivity contribution in [1.82, 2.24) is 13.5 Å². The smallest absolute Gasteiger partial charge is 0.135 e. The normalized spacial score (nSPS) is 12.4. The number of nitrogens with zero attached hydrogens (tertiary/aromatic N) is 3. The zero-order valence-corrected chi connectivity index (χ0v) is 34.5. The quantitative estimate of drug-likeness (QED) is 0.174. The first-order chi connectivity index (χ1) is 31.7. The molecule has 0 radical (unpaired) electrons. The number of hydrogen-bond donors (Lipinski definition) is 0. The van der Waals surface area contributed by atoms with Gasteiger partial charge in [0.2, 0.25) is 0 Å². The second-order valence-corrected chi connectivity index (χ2v) is 17.3. The number of rotatable bonds is 4. The summed E-state index contributed by atoms with van der Waals surface area (Å²) in [5.74, 6) is 0. The molecule has 5 heterocycles. The van der Waals surface area contributed by atoms with E-state index in [1.54, 1.807) is 0 Å². The molecule has 4 heteroatoms. The van der Waals surface area contributed by atoms with Gasteiger partial charge in [0.15, 0.2) is 0 Å². The van der Waals surface area contributed by atoms with E-state index in [9.17, 15) is 0 Å². The van der Waals surface area contributed by atoms with Crippen molar-refractivity contribution >= 4 is 104 Å². The van der Waals surface area contributed by atoms with E-state index in [1.165, 1.54) is 104 Å². The third-order valence-corrected chi connectivity index (χ3v) is 14.0. The first-order valence-electron chi connectivity index (χ1n) is 22.0. The monoisotopic (exact) mass is 813 g/mol. The van der Waals surface area contributed by atoms with Gasteiger partial charge in [-0.15, -0.1) is 0 Å². The van der Waals surface area contributed by atoms with E-state index in [1.807, 2.05) is 12.1 Å². The second-order valence-electron chi connectivity index (χ2n) is 17.3. The molecule has 64 heavy (non-hydrogen) atoms. The van der Waals surface area contributed by atoms with Gasteiger partial charge in [0.25, 0.3) is 0 Å². The molecule has 15 aromatic rings. The van der Waals surface area contributed by atoms with Crippen molar-refractivity contribution in [3.05, 3.63) is 212 Å². The van der Waals surface area contributed by atoms with Gasteiger partial charge in [-0.2, -0.15) is 0 Å². The molecule has 0 saturated heterocycles. The number of fused-ring (bicyclic) bond motifs is 15. The minimum Gasteiger partial charge on any atom is -0.456 e. The summed E-state index contributed by atoms with van der Waals surface area (Å²) in [5.41, 5.74) is 17.5. The van der Waals surface area contributed by atoms with Crippen molar-refractivity contribution in [3.8, 4) is 33.6 Å². The molecule has 0 unspecified atom stereocenters. The Bertz CT molecular complexity index is 4340. The first kappa shape index (κ1) is 34.0. The Balaban J connectivity index is 0.845. The van der Waals surface area contributed by atoms with Crippen LogP contribution < -0.4 is 0 Å². The van der Waals surface area contributed by atoms with E-state index in [-0.39, 0.29) is 0 Å². The molecular weight excluding hydrogens is 779 g/mol. The second kappa shape index (κ2) is 12.5. The molecule has 0 spiro atoms. The largest absolute Gasteiger partial charge is 0.456 e. The fourth-order valence-corrected chi connectivity index (χ4v) is 11.1. The summed E-state index contributed by atoms with van der Waals surface area (Å²) in [7, 11) is 0. The van der Waals surface area contributed by atoms with Crippen LogP contribution in [0.5, 0.6) is 0 Å². The van der Waals surface area contributed by atoms with E-state index in [0.29, 0.717) is 0 Å². The molecule has 0 aliphatic rings. The fourth-order valence-electron chi connectivity index (χ4n) is 11.1. The summed E-state index contributed by atoms with van der Waals surface area (Å²) in [6, 6.07) is 77.9. The maximum Gasteiger partial charge on any atom is 0.135 e. The molecule has 0 aliphatic carbocycles. The summed E-state index contributed by atoms with van der Waals surface area (Å²) in [6.07, 6.45) is 0. The van der Waals surface area contributed by atoms with Crippen LogP contribution in [0.3, 0.4) is 0 Å². The Kier molecular flexibility index (Phi) is 6.65. The highest BCUT2D eigenvalue weighted by atomic mass is 16.3. The van der Waals surface area contributed by atoms with Crippen molar-refractivity contribution in [2.45, 2.75) is 0 Å².